The van der Waals surface area contributed by atoms with Crippen LogP contribution in [0.1, 0.15) is 73.1 Å². The Labute approximate surface area is 265 Å². The zero-order valence-electron chi connectivity index (χ0n) is 25.5. The van der Waals surface area contributed by atoms with Crippen LogP contribution >= 0.6 is 11.3 Å². The number of pyridine rings is 1. The Balaban J connectivity index is 1.25. The van der Waals surface area contributed by atoms with Gasteiger partial charge in [0, 0.05) is 48.8 Å². The van der Waals surface area contributed by atoms with Gasteiger partial charge >= 0.3 is 6.01 Å². The van der Waals surface area contributed by atoms with E-state index < -0.39 is 17.1 Å². The van der Waals surface area contributed by atoms with Gasteiger partial charge in [-0.05, 0) is 58.1 Å². The average molecular weight is 633 g/mol. The molecular weight excluding hydrogens is 595 g/mol. The molecule has 14 heteroatoms. The van der Waals surface area contributed by atoms with Crippen LogP contribution in [0.15, 0.2) is 18.3 Å². The number of anilines is 4. The molecule has 0 aromatic carbocycles. The smallest absolute Gasteiger partial charge is 0.323 e. The Morgan fingerprint density at radius 3 is 2.89 bits per heavy atom. The molecule has 4 atom stereocenters. The van der Waals surface area contributed by atoms with Crippen LogP contribution in [-0.2, 0) is 16.6 Å². The summed E-state index contributed by atoms with van der Waals surface area (Å²) in [6, 6.07) is 5.80. The summed E-state index contributed by atoms with van der Waals surface area (Å²) < 4.78 is 20.8. The molecule has 236 valence electrons. The van der Waals surface area contributed by atoms with Crippen molar-refractivity contribution in [1.82, 2.24) is 24.8 Å². The van der Waals surface area contributed by atoms with E-state index in [0.717, 1.165) is 48.2 Å². The van der Waals surface area contributed by atoms with E-state index in [1.807, 2.05) is 31.0 Å². The number of aryl methyl sites for hydroxylation is 1. The van der Waals surface area contributed by atoms with Crippen LogP contribution in [0.3, 0.4) is 0 Å². The Hall–Kier alpha value is -4.09. The summed E-state index contributed by atoms with van der Waals surface area (Å²) in [4.78, 5) is 39.4. The molecule has 45 heavy (non-hydrogen) atoms. The summed E-state index contributed by atoms with van der Waals surface area (Å²) in [6.07, 6.45) is 5.77. The van der Waals surface area contributed by atoms with Gasteiger partial charge in [0.05, 0.1) is 22.6 Å². The van der Waals surface area contributed by atoms with E-state index in [2.05, 4.69) is 25.9 Å². The van der Waals surface area contributed by atoms with Gasteiger partial charge in [-0.1, -0.05) is 6.07 Å². The van der Waals surface area contributed by atoms with Gasteiger partial charge in [-0.15, -0.1) is 11.3 Å². The van der Waals surface area contributed by atoms with Gasteiger partial charge in [-0.2, -0.15) is 20.2 Å². The van der Waals surface area contributed by atoms with Gasteiger partial charge in [-0.25, -0.2) is 9.37 Å². The molecule has 1 aliphatic carbocycles. The highest BCUT2D eigenvalue weighted by molar-refractivity contribution is 7.16. The average Bonchev–Trinajstić information content (AvgIpc) is 3.75. The predicted molar refractivity (Wildman–Crippen MR) is 169 cm³/mol. The molecule has 0 saturated carbocycles. The third kappa shape index (κ3) is 4.75. The largest absolute Gasteiger partial charge is 0.461 e. The number of carbonyl (C=O) groups excluding carboxylic acids is 1. The van der Waals surface area contributed by atoms with E-state index in [0.29, 0.717) is 54.7 Å². The topological polar surface area (TPSA) is 163 Å². The molecule has 1 unspecified atom stereocenters. The molecule has 1 spiro atoms. The highest BCUT2D eigenvalue weighted by Gasteiger charge is 2.54. The number of nitrogens with zero attached hydrogens (tertiary/aromatic N) is 8. The second kappa shape index (κ2) is 11.1. The minimum Gasteiger partial charge on any atom is -0.461 e. The summed E-state index contributed by atoms with van der Waals surface area (Å²) in [7, 11) is 1.84. The van der Waals surface area contributed by atoms with Gasteiger partial charge in [-0.3, -0.25) is 14.6 Å². The van der Waals surface area contributed by atoms with Crippen molar-refractivity contribution in [1.29, 1.82) is 5.26 Å². The van der Waals surface area contributed by atoms with Gasteiger partial charge in [0.15, 0.2) is 0 Å². The normalized spacial score (nSPS) is 26.6. The molecule has 3 aromatic heterocycles. The van der Waals surface area contributed by atoms with Crippen LogP contribution in [0.5, 0.6) is 6.01 Å². The Bertz CT molecular complexity index is 1690. The number of rotatable bonds is 7. The Morgan fingerprint density at radius 1 is 1.24 bits per heavy atom. The number of nitrogens with two attached hydrogens (primary N) is 2. The molecule has 1 amide bonds. The molecular formula is C31H37FN10O2S. The van der Waals surface area contributed by atoms with E-state index in [-0.39, 0.29) is 30.5 Å². The fraction of sp³-hybridized carbons (Fsp3) is 0.548. The highest BCUT2D eigenvalue weighted by Crippen LogP contribution is 2.51. The summed E-state index contributed by atoms with van der Waals surface area (Å²) in [5, 5.41) is 10.4. The molecule has 3 saturated heterocycles. The Kier molecular flexibility index (Phi) is 7.28. The maximum Gasteiger partial charge on any atom is 0.323 e. The SMILES string of the molecule is C[C@H](c1cccnc1N)N(C)c1nc(OC[C@@]23CCCN2C[C@H](F)C3)nc(N2CCC3(CCCc4sc(N)c(C#N)c43)C2=O)n1. The quantitative estimate of drug-likeness (QED) is 0.392. The van der Waals surface area contributed by atoms with Gasteiger partial charge in [0.25, 0.3) is 0 Å². The van der Waals surface area contributed by atoms with Crippen LogP contribution in [0, 0.1) is 11.3 Å². The molecule has 12 nitrogen and oxygen atoms in total. The fourth-order valence-electron chi connectivity index (χ4n) is 7.88. The Morgan fingerprint density at radius 2 is 2.09 bits per heavy atom. The van der Waals surface area contributed by atoms with Gasteiger partial charge in [0.1, 0.15) is 29.7 Å². The summed E-state index contributed by atoms with van der Waals surface area (Å²) >= 11 is 1.41. The van der Waals surface area contributed by atoms with Crippen molar-refractivity contribution >= 4 is 40.0 Å². The van der Waals surface area contributed by atoms with Crippen LogP contribution in [0.2, 0.25) is 0 Å². The lowest BCUT2D eigenvalue weighted by Gasteiger charge is -2.32. The van der Waals surface area contributed by atoms with Crippen LogP contribution in [0.4, 0.5) is 27.1 Å². The second-order valence-corrected chi connectivity index (χ2v) is 13.9. The van der Waals surface area contributed by atoms with Crippen molar-refractivity contribution in [3.05, 3.63) is 39.9 Å². The number of carbonyl (C=O) groups is 1. The molecule has 4 aliphatic rings. The maximum atomic E-state index is 14.5. The third-order valence-corrected chi connectivity index (χ3v) is 11.4. The number of hydrogen-bond acceptors (Lipinski definition) is 12. The number of thiophene rings is 1. The number of hydrogen-bond donors (Lipinski definition) is 2. The predicted octanol–water partition coefficient (Wildman–Crippen LogP) is 3.53. The van der Waals surface area contributed by atoms with Crippen molar-refractivity contribution in [3.63, 3.8) is 0 Å². The first kappa shape index (κ1) is 29.6. The van der Waals surface area contributed by atoms with Gasteiger partial charge in [0.2, 0.25) is 17.8 Å². The first-order valence-corrected chi connectivity index (χ1v) is 16.3. The molecule has 3 fully saturated rings. The lowest BCUT2D eigenvalue weighted by Crippen LogP contribution is -2.43. The molecule has 0 radical (unpaired) electrons. The zero-order chi connectivity index (χ0) is 31.5. The minimum atomic E-state index is -0.890. The second-order valence-electron chi connectivity index (χ2n) is 12.7. The first-order valence-electron chi connectivity index (χ1n) is 15.5. The molecule has 6 heterocycles. The maximum absolute atomic E-state index is 14.5. The van der Waals surface area contributed by atoms with E-state index in [4.69, 9.17) is 21.2 Å². The number of halogens is 1. The van der Waals surface area contributed by atoms with Crippen molar-refractivity contribution in [3.8, 4) is 12.1 Å². The van der Waals surface area contributed by atoms with Crippen molar-refractivity contribution < 1.29 is 13.9 Å². The minimum absolute atomic E-state index is 0.0762. The fourth-order valence-corrected chi connectivity index (χ4v) is 9.04. The molecule has 3 aliphatic heterocycles. The van der Waals surface area contributed by atoms with Crippen LogP contribution < -0.4 is 26.0 Å². The van der Waals surface area contributed by atoms with Crippen LogP contribution in [0.25, 0.3) is 0 Å². The lowest BCUT2D eigenvalue weighted by molar-refractivity contribution is -0.122. The molecule has 0 bridgehead atoms. The number of fused-ring (bicyclic) bond motifs is 3. The number of ether oxygens (including phenoxy) is 1. The number of amides is 1. The molecule has 3 aromatic rings. The van der Waals surface area contributed by atoms with Crippen molar-refractivity contribution in [2.75, 3.05) is 54.6 Å². The molecule has 7 rings (SSSR count). The van der Waals surface area contributed by atoms with Crippen molar-refractivity contribution in [2.45, 2.75) is 75.0 Å². The van der Waals surface area contributed by atoms with Crippen LogP contribution in [-0.4, -0.2) is 75.7 Å². The molecule has 4 N–H and O–H groups in total. The van der Waals surface area contributed by atoms with Gasteiger partial charge < -0.3 is 21.1 Å². The third-order valence-electron chi connectivity index (χ3n) is 10.3. The van der Waals surface area contributed by atoms with Crippen molar-refractivity contribution in [2.24, 2.45) is 0 Å². The number of nitrogen functional groups attached to an aromatic ring is 2. The van der Waals surface area contributed by atoms with E-state index >= 15 is 0 Å². The van der Waals surface area contributed by atoms with E-state index in [1.165, 1.54) is 11.3 Å². The summed E-state index contributed by atoms with van der Waals surface area (Å²) in [5.74, 6) is 0.735. The highest BCUT2D eigenvalue weighted by atomic mass is 32.1. The monoisotopic (exact) mass is 632 g/mol. The number of nitriles is 1. The number of aromatic nitrogens is 4. The van der Waals surface area contributed by atoms with E-state index in [9.17, 15) is 14.4 Å². The number of alkyl halides is 1. The standard InChI is InChI=1S/C31H37FN10O2S/c1-18(20-6-4-11-36-24(20)34)40(2)27-37-28(39-29(38-27)44-17-30-8-5-12-41(30)16-19(32)14-30)42-13-10-31(26(42)43)9-3-7-22-23(31)21(15-33)25(35)45-22/h4,6,11,18-19H,3,5,7-10,12-14,16-17,35H2,1-2H3,(H2,34,36)/t18-,19-,30+,31?/m1/s1. The first-order chi connectivity index (χ1) is 21.7. The lowest BCUT2D eigenvalue weighted by atomic mass is 9.70. The summed E-state index contributed by atoms with van der Waals surface area (Å²) in [6.45, 7) is 3.84. The zero-order valence-corrected chi connectivity index (χ0v) is 26.3. The summed E-state index contributed by atoms with van der Waals surface area (Å²) in [5.41, 5.74) is 13.2. The van der Waals surface area contributed by atoms with E-state index in [1.54, 1.807) is 11.1 Å².